The topological polar surface area (TPSA) is 77.3 Å². The van der Waals surface area contributed by atoms with Crippen molar-refractivity contribution in [3.8, 4) is 0 Å². The van der Waals surface area contributed by atoms with Gasteiger partial charge in [-0.25, -0.2) is 14.8 Å². The van der Waals surface area contributed by atoms with Crippen LogP contribution in [-0.4, -0.2) is 45.5 Å². The van der Waals surface area contributed by atoms with Gasteiger partial charge in [0.2, 0.25) is 11.7 Å². The van der Waals surface area contributed by atoms with Gasteiger partial charge in [0, 0.05) is 42.4 Å². The van der Waals surface area contributed by atoms with Crippen molar-refractivity contribution in [1.29, 1.82) is 0 Å². The fraction of sp³-hybridized carbons (Fsp3) is 0.360. The number of piperidine rings is 1. The van der Waals surface area contributed by atoms with Crippen LogP contribution >= 0.6 is 0 Å². The maximum atomic E-state index is 12.9. The van der Waals surface area contributed by atoms with Crippen LogP contribution in [0.1, 0.15) is 46.6 Å². The van der Waals surface area contributed by atoms with Crippen molar-refractivity contribution in [1.82, 2.24) is 14.5 Å². The van der Waals surface area contributed by atoms with E-state index in [-0.39, 0.29) is 12.4 Å². The Kier molecular flexibility index (Phi) is 6.63. The molecule has 0 spiro atoms. The Morgan fingerprint density at radius 1 is 1.06 bits per heavy atom. The minimum Gasteiger partial charge on any atom is -0.456 e. The zero-order chi connectivity index (χ0) is 22.5. The minimum atomic E-state index is -0.468. The fourth-order valence-electron chi connectivity index (χ4n) is 4.26. The van der Waals surface area contributed by atoms with Crippen LogP contribution in [0.4, 0.5) is 5.95 Å². The first kappa shape index (κ1) is 21.7. The summed E-state index contributed by atoms with van der Waals surface area (Å²) < 4.78 is 7.59. The van der Waals surface area contributed by atoms with Crippen molar-refractivity contribution in [3.05, 3.63) is 77.4 Å². The lowest BCUT2D eigenvalue weighted by molar-refractivity contribution is -0.144. The van der Waals surface area contributed by atoms with Crippen molar-refractivity contribution >= 4 is 17.7 Å². The second-order valence-electron chi connectivity index (χ2n) is 8.14. The molecule has 0 bridgehead atoms. The molecule has 1 aromatic carbocycles. The summed E-state index contributed by atoms with van der Waals surface area (Å²) in [4.78, 5) is 36.2. The number of aryl methyl sites for hydroxylation is 1. The largest absolute Gasteiger partial charge is 0.456 e. The molecule has 3 aromatic rings. The van der Waals surface area contributed by atoms with Gasteiger partial charge < -0.3 is 14.2 Å². The monoisotopic (exact) mass is 432 g/mol. The molecular formula is C25H28N4O3. The number of ether oxygens (including phenoxy) is 1. The third kappa shape index (κ3) is 4.72. The maximum absolute atomic E-state index is 12.9. The molecule has 4 rings (SSSR count). The number of hydrogen-bond acceptors (Lipinski definition) is 6. The normalized spacial score (nSPS) is 16.1. The van der Waals surface area contributed by atoms with E-state index in [0.29, 0.717) is 31.0 Å². The number of carbonyl (C=O) groups excluding carboxylic acids is 2. The average Bonchev–Trinajstić information content (AvgIpc) is 3.12. The highest BCUT2D eigenvalue weighted by Gasteiger charge is 2.32. The maximum Gasteiger partial charge on any atom is 0.329 e. The van der Waals surface area contributed by atoms with Crippen molar-refractivity contribution in [2.75, 3.05) is 18.1 Å². The van der Waals surface area contributed by atoms with E-state index in [2.05, 4.69) is 26.7 Å². The molecule has 1 atom stereocenters. The van der Waals surface area contributed by atoms with Crippen molar-refractivity contribution in [2.24, 2.45) is 0 Å². The van der Waals surface area contributed by atoms with E-state index in [9.17, 15) is 9.59 Å². The Hall–Kier alpha value is -3.48. The molecule has 7 heteroatoms. The molecule has 0 saturated carbocycles. The first-order chi connectivity index (χ1) is 15.5. The Labute approximate surface area is 188 Å². The van der Waals surface area contributed by atoms with Crippen LogP contribution in [-0.2, 0) is 16.1 Å². The lowest BCUT2D eigenvalue weighted by Crippen LogP contribution is -2.46. The molecule has 7 nitrogen and oxygen atoms in total. The highest BCUT2D eigenvalue weighted by atomic mass is 16.5. The lowest BCUT2D eigenvalue weighted by atomic mass is 10.0. The molecule has 1 saturated heterocycles. The number of carbonyl (C=O) groups is 2. The van der Waals surface area contributed by atoms with Gasteiger partial charge in [0.1, 0.15) is 6.04 Å². The van der Waals surface area contributed by atoms with E-state index in [1.807, 2.05) is 43.0 Å². The van der Waals surface area contributed by atoms with Crippen molar-refractivity contribution in [3.63, 3.8) is 0 Å². The number of anilines is 1. The number of esters is 1. The van der Waals surface area contributed by atoms with Crippen LogP contribution in [0, 0.1) is 13.8 Å². The van der Waals surface area contributed by atoms with Crippen molar-refractivity contribution in [2.45, 2.75) is 45.7 Å². The zero-order valence-corrected chi connectivity index (χ0v) is 18.5. The molecule has 32 heavy (non-hydrogen) atoms. The Bertz CT molecular complexity index is 1080. The van der Waals surface area contributed by atoms with E-state index in [1.165, 1.54) is 5.56 Å². The Morgan fingerprint density at radius 2 is 1.81 bits per heavy atom. The van der Waals surface area contributed by atoms with Gasteiger partial charge in [0.05, 0.1) is 0 Å². The van der Waals surface area contributed by atoms with Crippen LogP contribution in [0.3, 0.4) is 0 Å². The van der Waals surface area contributed by atoms with Crippen LogP contribution in [0.5, 0.6) is 0 Å². The molecular weight excluding hydrogens is 404 g/mol. The number of ketones is 1. The third-order valence-corrected chi connectivity index (χ3v) is 5.99. The highest BCUT2D eigenvalue weighted by Crippen LogP contribution is 2.23. The third-order valence-electron chi connectivity index (χ3n) is 5.99. The summed E-state index contributed by atoms with van der Waals surface area (Å²) >= 11 is 0. The smallest absolute Gasteiger partial charge is 0.329 e. The van der Waals surface area contributed by atoms with Crippen LogP contribution < -0.4 is 4.90 Å². The molecule has 0 aliphatic carbocycles. The highest BCUT2D eigenvalue weighted by molar-refractivity contribution is 5.99. The van der Waals surface area contributed by atoms with Gasteiger partial charge in [-0.05, 0) is 50.8 Å². The van der Waals surface area contributed by atoms with E-state index in [0.717, 1.165) is 24.2 Å². The predicted molar refractivity (Wildman–Crippen MR) is 122 cm³/mol. The summed E-state index contributed by atoms with van der Waals surface area (Å²) in [6.07, 6.45) is 5.88. The van der Waals surface area contributed by atoms with Gasteiger partial charge in [-0.1, -0.05) is 30.3 Å². The zero-order valence-electron chi connectivity index (χ0n) is 18.5. The molecule has 0 radical (unpaired) electrons. The second-order valence-corrected chi connectivity index (χ2v) is 8.14. The Morgan fingerprint density at radius 3 is 2.56 bits per heavy atom. The number of rotatable bonds is 7. The van der Waals surface area contributed by atoms with Gasteiger partial charge in [0.15, 0.2) is 6.61 Å². The molecule has 166 valence electrons. The van der Waals surface area contributed by atoms with E-state index < -0.39 is 12.0 Å². The number of hydrogen-bond donors (Lipinski definition) is 0. The number of Topliss-reactive ketones (excluding diaryl/α,β-unsaturated/α-hetero) is 1. The quantitative estimate of drug-likeness (QED) is 0.418. The SMILES string of the molecule is Cc1cc(C(=O)COC(=O)C2CCCCN2c2ncccn2)c(C)n1Cc1ccccc1. The van der Waals surface area contributed by atoms with E-state index in [4.69, 9.17) is 4.74 Å². The Balaban J connectivity index is 1.42. The molecule has 2 aromatic heterocycles. The van der Waals surface area contributed by atoms with Gasteiger partial charge in [-0.3, -0.25) is 4.79 Å². The van der Waals surface area contributed by atoms with E-state index >= 15 is 0 Å². The predicted octanol–water partition coefficient (Wildman–Crippen LogP) is 3.73. The number of benzene rings is 1. The summed E-state index contributed by atoms with van der Waals surface area (Å²) in [5.74, 6) is -0.0717. The average molecular weight is 433 g/mol. The molecule has 1 aliphatic rings. The van der Waals surface area contributed by atoms with Gasteiger partial charge in [-0.15, -0.1) is 0 Å². The first-order valence-electron chi connectivity index (χ1n) is 11.0. The van der Waals surface area contributed by atoms with Crippen LogP contribution in [0.15, 0.2) is 54.9 Å². The number of nitrogens with zero attached hydrogens (tertiary/aromatic N) is 4. The van der Waals surface area contributed by atoms with Gasteiger partial charge >= 0.3 is 5.97 Å². The summed E-state index contributed by atoms with van der Waals surface area (Å²) in [7, 11) is 0. The summed E-state index contributed by atoms with van der Waals surface area (Å²) in [6, 6.07) is 13.3. The molecule has 0 N–H and O–H groups in total. The molecule has 1 aliphatic heterocycles. The summed E-state index contributed by atoms with van der Waals surface area (Å²) in [5, 5.41) is 0. The van der Waals surface area contributed by atoms with Crippen LogP contribution in [0.25, 0.3) is 0 Å². The van der Waals surface area contributed by atoms with Crippen molar-refractivity contribution < 1.29 is 14.3 Å². The molecule has 0 amide bonds. The van der Waals surface area contributed by atoms with Crippen LogP contribution in [0.2, 0.25) is 0 Å². The first-order valence-corrected chi connectivity index (χ1v) is 11.0. The molecule has 3 heterocycles. The van der Waals surface area contributed by atoms with Gasteiger partial charge in [0.25, 0.3) is 0 Å². The standard InChI is InChI=1S/C25H28N4O3/c1-18-15-21(19(2)29(18)16-20-9-4-3-5-10-20)23(30)17-32-24(31)22-11-6-7-14-28(22)25-26-12-8-13-27-25/h3-5,8-10,12-13,15,22H,6-7,11,14,16-17H2,1-2H3. The minimum absolute atomic E-state index is 0.191. The van der Waals surface area contributed by atoms with E-state index in [1.54, 1.807) is 18.5 Å². The number of aromatic nitrogens is 3. The molecule has 1 fully saturated rings. The summed E-state index contributed by atoms with van der Waals surface area (Å²) in [5.41, 5.74) is 3.64. The van der Waals surface area contributed by atoms with Gasteiger partial charge in [-0.2, -0.15) is 0 Å². The molecule has 1 unspecified atom stereocenters. The second kappa shape index (κ2) is 9.77. The fourth-order valence-corrected chi connectivity index (χ4v) is 4.26. The lowest BCUT2D eigenvalue weighted by Gasteiger charge is -2.33. The summed E-state index contributed by atoms with van der Waals surface area (Å²) in [6.45, 7) is 5.03.